The van der Waals surface area contributed by atoms with Gasteiger partial charge in [-0.15, -0.1) is 0 Å². The topological polar surface area (TPSA) is 51.4 Å². The van der Waals surface area contributed by atoms with Gasteiger partial charge >= 0.3 is 0 Å². The van der Waals surface area contributed by atoms with Crippen LogP contribution in [0.15, 0.2) is 12.1 Å². The van der Waals surface area contributed by atoms with Crippen LogP contribution >= 0.6 is 0 Å². The van der Waals surface area contributed by atoms with Gasteiger partial charge in [0.25, 0.3) is 0 Å². The van der Waals surface area contributed by atoms with Gasteiger partial charge in [0.2, 0.25) is 5.88 Å². The second-order valence-electron chi connectivity index (χ2n) is 5.99. The van der Waals surface area contributed by atoms with Gasteiger partial charge in [-0.1, -0.05) is 6.92 Å². The van der Waals surface area contributed by atoms with Crippen LogP contribution in [-0.4, -0.2) is 24.7 Å². The summed E-state index contributed by atoms with van der Waals surface area (Å²) in [5.74, 6) is 3.17. The Labute approximate surface area is 115 Å². The summed E-state index contributed by atoms with van der Waals surface area (Å²) in [7, 11) is 0. The summed E-state index contributed by atoms with van der Waals surface area (Å²) >= 11 is 0. The van der Waals surface area contributed by atoms with Crippen LogP contribution in [0.1, 0.15) is 32.6 Å². The molecule has 1 aromatic heterocycles. The maximum absolute atomic E-state index is 5.94. The highest BCUT2D eigenvalue weighted by molar-refractivity contribution is 5.54. The zero-order chi connectivity index (χ0) is 13.2. The first-order valence-electron chi connectivity index (χ1n) is 7.36. The van der Waals surface area contributed by atoms with Crippen molar-refractivity contribution in [3.8, 4) is 5.88 Å². The van der Waals surface area contributed by atoms with E-state index in [4.69, 9.17) is 10.5 Å². The fourth-order valence-corrected chi connectivity index (χ4v) is 2.45. The van der Waals surface area contributed by atoms with Crippen molar-refractivity contribution in [3.63, 3.8) is 0 Å². The van der Waals surface area contributed by atoms with Crippen molar-refractivity contribution in [1.29, 1.82) is 0 Å². The largest absolute Gasteiger partial charge is 0.476 e. The van der Waals surface area contributed by atoms with Crippen LogP contribution in [0.5, 0.6) is 5.88 Å². The summed E-state index contributed by atoms with van der Waals surface area (Å²) in [5.41, 5.74) is 6.59. The van der Waals surface area contributed by atoms with Crippen LogP contribution in [-0.2, 0) is 0 Å². The lowest BCUT2D eigenvalue weighted by atomic mass is 9.99. The first-order valence-corrected chi connectivity index (χ1v) is 7.36. The molecule has 19 heavy (non-hydrogen) atoms. The second-order valence-corrected chi connectivity index (χ2v) is 5.99. The Morgan fingerprint density at radius 1 is 1.26 bits per heavy atom. The van der Waals surface area contributed by atoms with Gasteiger partial charge in [-0.3, -0.25) is 0 Å². The SMILES string of the molecule is CC1CCN(c2ccc(N)c(OCC3CC3)n2)CC1. The van der Waals surface area contributed by atoms with E-state index in [1.807, 2.05) is 12.1 Å². The van der Waals surface area contributed by atoms with E-state index in [-0.39, 0.29) is 0 Å². The lowest BCUT2D eigenvalue weighted by molar-refractivity contribution is 0.290. The molecule has 1 aliphatic heterocycles. The molecular weight excluding hydrogens is 238 g/mol. The Bertz CT molecular complexity index is 437. The summed E-state index contributed by atoms with van der Waals surface area (Å²) in [6.45, 7) is 5.25. The molecule has 2 N–H and O–H groups in total. The molecule has 2 aliphatic rings. The van der Waals surface area contributed by atoms with Crippen molar-refractivity contribution in [2.45, 2.75) is 32.6 Å². The second kappa shape index (κ2) is 5.27. The maximum Gasteiger partial charge on any atom is 0.239 e. The quantitative estimate of drug-likeness (QED) is 0.905. The predicted molar refractivity (Wildman–Crippen MR) is 77.5 cm³/mol. The highest BCUT2D eigenvalue weighted by Crippen LogP contribution is 2.31. The van der Waals surface area contributed by atoms with Crippen LogP contribution in [0.3, 0.4) is 0 Å². The number of nitrogens with zero attached hydrogens (tertiary/aromatic N) is 2. The maximum atomic E-state index is 5.94. The molecular formula is C15H23N3O. The van der Waals surface area contributed by atoms with E-state index >= 15 is 0 Å². The first-order chi connectivity index (χ1) is 9.22. The molecule has 0 spiro atoms. The van der Waals surface area contributed by atoms with Gasteiger partial charge in [0.05, 0.1) is 12.3 Å². The predicted octanol–water partition coefficient (Wildman–Crippen LogP) is 2.69. The monoisotopic (exact) mass is 261 g/mol. The van der Waals surface area contributed by atoms with E-state index in [2.05, 4.69) is 16.8 Å². The van der Waals surface area contributed by atoms with E-state index in [0.29, 0.717) is 11.6 Å². The molecule has 0 aromatic carbocycles. The Morgan fingerprint density at radius 3 is 2.68 bits per heavy atom. The molecule has 0 unspecified atom stereocenters. The van der Waals surface area contributed by atoms with Gasteiger partial charge in [0, 0.05) is 13.1 Å². The zero-order valence-electron chi connectivity index (χ0n) is 11.6. The summed E-state index contributed by atoms with van der Waals surface area (Å²) in [6, 6.07) is 3.93. The molecule has 3 rings (SSSR count). The van der Waals surface area contributed by atoms with Crippen LogP contribution in [0.2, 0.25) is 0 Å². The lowest BCUT2D eigenvalue weighted by Crippen LogP contribution is -2.33. The molecule has 4 heteroatoms. The third-order valence-electron chi connectivity index (χ3n) is 4.14. The van der Waals surface area contributed by atoms with Crippen LogP contribution in [0, 0.1) is 11.8 Å². The molecule has 0 radical (unpaired) electrons. The summed E-state index contributed by atoms with van der Waals surface area (Å²) in [6.07, 6.45) is 5.04. The van der Waals surface area contributed by atoms with Crippen LogP contribution in [0.25, 0.3) is 0 Å². The van der Waals surface area contributed by atoms with E-state index in [1.165, 1.54) is 25.7 Å². The van der Waals surface area contributed by atoms with E-state index in [0.717, 1.165) is 37.4 Å². The van der Waals surface area contributed by atoms with Gasteiger partial charge in [0.15, 0.2) is 0 Å². The van der Waals surface area contributed by atoms with Gasteiger partial charge in [-0.25, -0.2) is 0 Å². The normalized spacial score (nSPS) is 20.6. The number of pyridine rings is 1. The molecule has 2 heterocycles. The fraction of sp³-hybridized carbons (Fsp3) is 0.667. The molecule has 1 aliphatic carbocycles. The number of hydrogen-bond donors (Lipinski definition) is 1. The molecule has 4 nitrogen and oxygen atoms in total. The standard InChI is InChI=1S/C15H23N3O/c1-11-6-8-18(9-7-11)14-5-4-13(16)15(17-14)19-10-12-2-3-12/h4-5,11-12H,2-3,6-10,16H2,1H3. The van der Waals surface area contributed by atoms with Crippen molar-refractivity contribution in [1.82, 2.24) is 4.98 Å². The number of nitrogens with two attached hydrogens (primary N) is 1. The van der Waals surface area contributed by atoms with Crippen molar-refractivity contribution in [2.24, 2.45) is 11.8 Å². The lowest BCUT2D eigenvalue weighted by Gasteiger charge is -2.31. The minimum Gasteiger partial charge on any atom is -0.476 e. The van der Waals surface area contributed by atoms with E-state index in [1.54, 1.807) is 0 Å². The van der Waals surface area contributed by atoms with Crippen LogP contribution in [0.4, 0.5) is 11.5 Å². The Morgan fingerprint density at radius 2 is 2.00 bits per heavy atom. The Hall–Kier alpha value is -1.45. The molecule has 104 valence electrons. The molecule has 0 bridgehead atoms. The molecule has 1 saturated heterocycles. The third kappa shape index (κ3) is 3.11. The first kappa shape index (κ1) is 12.6. The smallest absolute Gasteiger partial charge is 0.239 e. The fourth-order valence-electron chi connectivity index (χ4n) is 2.45. The minimum atomic E-state index is 0.614. The average Bonchev–Trinajstić information content (AvgIpc) is 3.23. The number of anilines is 2. The molecule has 0 atom stereocenters. The molecule has 0 amide bonds. The summed E-state index contributed by atoms with van der Waals surface area (Å²) in [4.78, 5) is 6.94. The highest BCUT2D eigenvalue weighted by atomic mass is 16.5. The highest BCUT2D eigenvalue weighted by Gasteiger charge is 2.23. The molecule has 2 fully saturated rings. The average molecular weight is 261 g/mol. The number of piperidine rings is 1. The zero-order valence-corrected chi connectivity index (χ0v) is 11.6. The van der Waals surface area contributed by atoms with Crippen molar-refractivity contribution in [2.75, 3.05) is 30.3 Å². The summed E-state index contributed by atoms with van der Waals surface area (Å²) in [5, 5.41) is 0. The van der Waals surface area contributed by atoms with Crippen molar-refractivity contribution < 1.29 is 4.74 Å². The number of rotatable bonds is 4. The van der Waals surface area contributed by atoms with Gasteiger partial charge in [-0.2, -0.15) is 4.98 Å². The number of hydrogen-bond acceptors (Lipinski definition) is 4. The van der Waals surface area contributed by atoms with Crippen molar-refractivity contribution >= 4 is 11.5 Å². The molecule has 1 aromatic rings. The summed E-state index contributed by atoms with van der Waals surface area (Å²) < 4.78 is 5.75. The van der Waals surface area contributed by atoms with E-state index in [9.17, 15) is 0 Å². The number of aromatic nitrogens is 1. The minimum absolute atomic E-state index is 0.614. The Kier molecular flexibility index (Phi) is 3.49. The number of nitrogen functional groups attached to an aromatic ring is 1. The number of ether oxygens (including phenoxy) is 1. The third-order valence-corrected chi connectivity index (χ3v) is 4.14. The van der Waals surface area contributed by atoms with Crippen molar-refractivity contribution in [3.05, 3.63) is 12.1 Å². The Balaban J connectivity index is 1.68. The molecule has 1 saturated carbocycles. The van der Waals surface area contributed by atoms with Gasteiger partial charge in [-0.05, 0) is 49.7 Å². The van der Waals surface area contributed by atoms with Gasteiger partial charge < -0.3 is 15.4 Å². The van der Waals surface area contributed by atoms with Gasteiger partial charge in [0.1, 0.15) is 5.82 Å². The van der Waals surface area contributed by atoms with Crippen LogP contribution < -0.4 is 15.4 Å². The van der Waals surface area contributed by atoms with E-state index < -0.39 is 0 Å².